The van der Waals surface area contributed by atoms with Crippen LogP contribution in [0.25, 0.3) is 0 Å². The third-order valence-corrected chi connectivity index (χ3v) is 2.94. The molecule has 1 aromatic heterocycles. The van der Waals surface area contributed by atoms with E-state index in [1.165, 1.54) is 6.33 Å². The Bertz CT molecular complexity index is 593. The third kappa shape index (κ3) is 3.19. The summed E-state index contributed by atoms with van der Waals surface area (Å²) in [6, 6.07) is 4.86. The van der Waals surface area contributed by atoms with Crippen molar-refractivity contribution >= 4 is 28.9 Å². The van der Waals surface area contributed by atoms with Gasteiger partial charge in [-0.3, -0.25) is 0 Å². The predicted molar refractivity (Wildman–Crippen MR) is 74.1 cm³/mol. The molecule has 0 saturated carbocycles. The number of ether oxygens (including phenoxy) is 2. The molecule has 2 N–H and O–H groups in total. The van der Waals surface area contributed by atoms with Gasteiger partial charge in [0.05, 0.1) is 16.7 Å². The van der Waals surface area contributed by atoms with Gasteiger partial charge in [-0.05, 0) is 19.1 Å². The maximum atomic E-state index is 5.90. The molecular weight excluding hydrogens is 289 g/mol. The quantitative estimate of drug-likeness (QED) is 0.935. The Morgan fingerprint density at radius 2 is 1.89 bits per heavy atom. The minimum Gasteiger partial charge on any atom is -0.476 e. The first kappa shape index (κ1) is 13.7. The molecule has 2 aromatic rings. The fraction of sp³-hybridized carbons (Fsp3) is 0.167. The molecule has 0 bridgehead atoms. The second-order valence-electron chi connectivity index (χ2n) is 3.51. The van der Waals surface area contributed by atoms with E-state index in [0.29, 0.717) is 22.4 Å². The highest BCUT2D eigenvalue weighted by Crippen LogP contribution is 2.33. The van der Waals surface area contributed by atoms with Gasteiger partial charge in [0.15, 0.2) is 5.69 Å². The molecule has 2 rings (SSSR count). The number of aromatic nitrogens is 2. The molecule has 5 nitrogen and oxygen atoms in total. The lowest BCUT2D eigenvalue weighted by atomic mass is 10.3. The van der Waals surface area contributed by atoms with E-state index in [1.54, 1.807) is 18.2 Å². The van der Waals surface area contributed by atoms with E-state index in [-0.39, 0.29) is 17.4 Å². The Hall–Kier alpha value is -1.72. The van der Waals surface area contributed by atoms with Gasteiger partial charge < -0.3 is 15.2 Å². The number of nitrogens with zero attached hydrogens (tertiary/aromatic N) is 2. The number of benzene rings is 1. The van der Waals surface area contributed by atoms with E-state index in [4.69, 9.17) is 38.4 Å². The molecule has 100 valence electrons. The monoisotopic (exact) mass is 299 g/mol. The van der Waals surface area contributed by atoms with Crippen LogP contribution in [0.2, 0.25) is 10.0 Å². The van der Waals surface area contributed by atoms with Crippen molar-refractivity contribution in [2.75, 3.05) is 12.3 Å². The molecule has 1 aromatic carbocycles. The van der Waals surface area contributed by atoms with E-state index >= 15 is 0 Å². The summed E-state index contributed by atoms with van der Waals surface area (Å²) in [6.07, 6.45) is 1.31. The van der Waals surface area contributed by atoms with Crippen LogP contribution in [-0.4, -0.2) is 16.6 Å². The Kier molecular flexibility index (Phi) is 4.29. The molecule has 0 radical (unpaired) electrons. The van der Waals surface area contributed by atoms with E-state index in [1.807, 2.05) is 6.92 Å². The molecule has 7 heteroatoms. The summed E-state index contributed by atoms with van der Waals surface area (Å²) < 4.78 is 10.8. The van der Waals surface area contributed by atoms with E-state index < -0.39 is 0 Å². The van der Waals surface area contributed by atoms with Crippen LogP contribution in [0.15, 0.2) is 24.5 Å². The molecule has 19 heavy (non-hydrogen) atoms. The van der Waals surface area contributed by atoms with Gasteiger partial charge in [0.1, 0.15) is 12.1 Å². The average molecular weight is 300 g/mol. The average Bonchev–Trinajstić information content (AvgIpc) is 2.39. The largest absolute Gasteiger partial charge is 0.476 e. The molecule has 0 spiro atoms. The van der Waals surface area contributed by atoms with Gasteiger partial charge in [0, 0.05) is 6.07 Å². The van der Waals surface area contributed by atoms with E-state index in [2.05, 4.69) is 9.97 Å². The zero-order valence-electron chi connectivity index (χ0n) is 10.1. The smallest absolute Gasteiger partial charge is 0.249 e. The summed E-state index contributed by atoms with van der Waals surface area (Å²) in [4.78, 5) is 7.87. The summed E-state index contributed by atoms with van der Waals surface area (Å²) in [6.45, 7) is 2.29. The SMILES string of the molecule is CCOc1ncnc(Oc2ccc(Cl)c(Cl)c2)c1N. The fourth-order valence-corrected chi connectivity index (χ4v) is 1.64. The maximum Gasteiger partial charge on any atom is 0.249 e. The number of anilines is 1. The lowest BCUT2D eigenvalue weighted by molar-refractivity contribution is 0.325. The van der Waals surface area contributed by atoms with Crippen molar-refractivity contribution in [1.82, 2.24) is 9.97 Å². The van der Waals surface area contributed by atoms with Gasteiger partial charge in [0.25, 0.3) is 0 Å². The van der Waals surface area contributed by atoms with Crippen LogP contribution in [0, 0.1) is 0 Å². The van der Waals surface area contributed by atoms with Crippen molar-refractivity contribution in [2.24, 2.45) is 0 Å². The lowest BCUT2D eigenvalue weighted by Gasteiger charge is -2.10. The molecule has 0 atom stereocenters. The maximum absolute atomic E-state index is 5.90. The van der Waals surface area contributed by atoms with Gasteiger partial charge in [-0.1, -0.05) is 23.2 Å². The van der Waals surface area contributed by atoms with Gasteiger partial charge >= 0.3 is 0 Å². The van der Waals surface area contributed by atoms with Gasteiger partial charge in [-0.15, -0.1) is 0 Å². The first-order chi connectivity index (χ1) is 9.11. The molecule has 0 aliphatic heterocycles. The third-order valence-electron chi connectivity index (χ3n) is 2.20. The number of hydrogen-bond acceptors (Lipinski definition) is 5. The zero-order chi connectivity index (χ0) is 13.8. The van der Waals surface area contributed by atoms with Crippen molar-refractivity contribution in [3.05, 3.63) is 34.6 Å². The summed E-state index contributed by atoms with van der Waals surface area (Å²) in [5, 5.41) is 0.830. The second kappa shape index (κ2) is 5.95. The topological polar surface area (TPSA) is 70.3 Å². The number of nitrogen functional groups attached to an aromatic ring is 1. The van der Waals surface area contributed by atoms with Gasteiger partial charge in [0.2, 0.25) is 11.8 Å². The molecule has 0 aliphatic carbocycles. The molecule has 0 aliphatic rings. The van der Waals surface area contributed by atoms with E-state index in [0.717, 1.165) is 0 Å². The Labute approximate surface area is 120 Å². The highest BCUT2D eigenvalue weighted by atomic mass is 35.5. The van der Waals surface area contributed by atoms with Crippen LogP contribution in [0.1, 0.15) is 6.92 Å². The molecule has 1 heterocycles. The van der Waals surface area contributed by atoms with Crippen molar-refractivity contribution < 1.29 is 9.47 Å². The molecule has 0 saturated heterocycles. The van der Waals surface area contributed by atoms with Gasteiger partial charge in [-0.25, -0.2) is 0 Å². The van der Waals surface area contributed by atoms with Crippen LogP contribution in [0.3, 0.4) is 0 Å². The van der Waals surface area contributed by atoms with Crippen LogP contribution in [-0.2, 0) is 0 Å². The van der Waals surface area contributed by atoms with Crippen LogP contribution in [0.5, 0.6) is 17.5 Å². The van der Waals surface area contributed by atoms with Gasteiger partial charge in [-0.2, -0.15) is 9.97 Å². The minimum atomic E-state index is 0.205. The number of nitrogens with two attached hydrogens (primary N) is 1. The minimum absolute atomic E-state index is 0.205. The molecule has 0 fully saturated rings. The van der Waals surface area contributed by atoms with Crippen molar-refractivity contribution in [3.8, 4) is 17.5 Å². The van der Waals surface area contributed by atoms with Crippen LogP contribution < -0.4 is 15.2 Å². The van der Waals surface area contributed by atoms with Crippen LogP contribution in [0.4, 0.5) is 5.69 Å². The summed E-state index contributed by atoms with van der Waals surface area (Å²) in [7, 11) is 0. The second-order valence-corrected chi connectivity index (χ2v) is 4.32. The molecular formula is C12H11Cl2N3O2. The predicted octanol–water partition coefficient (Wildman–Crippen LogP) is 3.56. The van der Waals surface area contributed by atoms with Crippen molar-refractivity contribution in [1.29, 1.82) is 0 Å². The van der Waals surface area contributed by atoms with Crippen LogP contribution >= 0.6 is 23.2 Å². The standard InChI is InChI=1S/C12H11Cl2N3O2/c1-2-18-11-10(15)12(17-6-16-11)19-7-3-4-8(13)9(14)5-7/h3-6H,2,15H2,1H3. The molecule has 0 amide bonds. The lowest BCUT2D eigenvalue weighted by Crippen LogP contribution is -2.02. The number of hydrogen-bond donors (Lipinski definition) is 1. The molecule has 0 unspecified atom stereocenters. The van der Waals surface area contributed by atoms with E-state index in [9.17, 15) is 0 Å². The zero-order valence-corrected chi connectivity index (χ0v) is 11.6. The fourth-order valence-electron chi connectivity index (χ4n) is 1.35. The first-order valence-electron chi connectivity index (χ1n) is 5.48. The Balaban J connectivity index is 2.27. The Morgan fingerprint density at radius 3 is 2.58 bits per heavy atom. The van der Waals surface area contributed by atoms with Crippen molar-refractivity contribution in [2.45, 2.75) is 6.92 Å². The summed E-state index contributed by atoms with van der Waals surface area (Å²) in [5.41, 5.74) is 6.08. The Morgan fingerprint density at radius 1 is 1.16 bits per heavy atom. The highest BCUT2D eigenvalue weighted by Gasteiger charge is 2.11. The number of halogens is 2. The normalized spacial score (nSPS) is 10.3. The van der Waals surface area contributed by atoms with Crippen molar-refractivity contribution in [3.63, 3.8) is 0 Å². The first-order valence-corrected chi connectivity index (χ1v) is 6.23. The summed E-state index contributed by atoms with van der Waals surface area (Å²) >= 11 is 11.7. The summed E-state index contributed by atoms with van der Waals surface area (Å²) in [5.74, 6) is 0.964. The number of rotatable bonds is 4. The highest BCUT2D eigenvalue weighted by molar-refractivity contribution is 6.42.